The number of nitrogens with one attached hydrogen (secondary N) is 1. The van der Waals surface area contributed by atoms with Crippen molar-refractivity contribution in [3.8, 4) is 5.75 Å². The van der Waals surface area contributed by atoms with Crippen LogP contribution in [0.25, 0.3) is 0 Å². The minimum absolute atomic E-state index is 0.0721. The Morgan fingerprint density at radius 1 is 1.26 bits per heavy atom. The molecule has 0 bridgehead atoms. The Labute approximate surface area is 136 Å². The molecule has 0 saturated heterocycles. The van der Waals surface area contributed by atoms with Gasteiger partial charge in [-0.25, -0.2) is 9.97 Å². The van der Waals surface area contributed by atoms with E-state index in [9.17, 15) is 4.79 Å². The van der Waals surface area contributed by atoms with Crippen LogP contribution in [0.5, 0.6) is 5.75 Å². The van der Waals surface area contributed by atoms with Crippen molar-refractivity contribution in [2.45, 2.75) is 19.9 Å². The van der Waals surface area contributed by atoms with Gasteiger partial charge in [0, 0.05) is 25.4 Å². The van der Waals surface area contributed by atoms with Crippen LogP contribution in [0.15, 0.2) is 30.3 Å². The first-order valence-electron chi connectivity index (χ1n) is 7.40. The zero-order valence-corrected chi connectivity index (χ0v) is 14.0. The summed E-state index contributed by atoms with van der Waals surface area (Å²) in [7, 11) is 5.38. The number of anilines is 1. The fourth-order valence-corrected chi connectivity index (χ4v) is 2.18. The van der Waals surface area contributed by atoms with E-state index in [0.29, 0.717) is 12.5 Å². The summed E-state index contributed by atoms with van der Waals surface area (Å²) in [5, 5.41) is 2.89. The van der Waals surface area contributed by atoms with Crippen LogP contribution in [0.2, 0.25) is 0 Å². The molecule has 0 radical (unpaired) electrons. The Balaban J connectivity index is 1.99. The Bertz CT molecular complexity index is 686. The summed E-state index contributed by atoms with van der Waals surface area (Å²) in [6.45, 7) is 2.28. The molecule has 2 rings (SSSR count). The van der Waals surface area contributed by atoms with Gasteiger partial charge in [0.15, 0.2) is 0 Å². The van der Waals surface area contributed by atoms with E-state index in [1.165, 1.54) is 0 Å². The van der Waals surface area contributed by atoms with Gasteiger partial charge in [0.1, 0.15) is 5.75 Å². The monoisotopic (exact) mass is 314 g/mol. The second kappa shape index (κ2) is 7.58. The zero-order chi connectivity index (χ0) is 16.8. The minimum atomic E-state index is -0.0721. The predicted molar refractivity (Wildman–Crippen MR) is 89.6 cm³/mol. The summed E-state index contributed by atoms with van der Waals surface area (Å²) in [4.78, 5) is 22.7. The lowest BCUT2D eigenvalue weighted by atomic mass is 10.1. The summed E-state index contributed by atoms with van der Waals surface area (Å²) >= 11 is 0. The van der Waals surface area contributed by atoms with Crippen LogP contribution in [0.4, 0.5) is 5.95 Å². The highest BCUT2D eigenvalue weighted by atomic mass is 16.5. The van der Waals surface area contributed by atoms with E-state index in [4.69, 9.17) is 4.74 Å². The van der Waals surface area contributed by atoms with Crippen molar-refractivity contribution in [3.05, 3.63) is 47.3 Å². The first-order valence-corrected chi connectivity index (χ1v) is 7.40. The molecule has 23 heavy (non-hydrogen) atoms. The number of rotatable bonds is 6. The molecule has 1 heterocycles. The topological polar surface area (TPSA) is 67.3 Å². The van der Waals surface area contributed by atoms with E-state index in [-0.39, 0.29) is 12.3 Å². The summed E-state index contributed by atoms with van der Waals surface area (Å²) in [6, 6.07) is 9.38. The smallest absolute Gasteiger partial charge is 0.225 e. The molecule has 6 nitrogen and oxygen atoms in total. The molecule has 0 saturated carbocycles. The van der Waals surface area contributed by atoms with Gasteiger partial charge in [0.05, 0.1) is 25.8 Å². The van der Waals surface area contributed by atoms with Gasteiger partial charge in [-0.15, -0.1) is 0 Å². The van der Waals surface area contributed by atoms with Crippen LogP contribution in [0, 0.1) is 6.92 Å². The van der Waals surface area contributed by atoms with Crippen molar-refractivity contribution < 1.29 is 9.53 Å². The average Bonchev–Trinajstić information content (AvgIpc) is 2.53. The van der Waals surface area contributed by atoms with Crippen molar-refractivity contribution >= 4 is 11.9 Å². The molecule has 1 N–H and O–H groups in total. The van der Waals surface area contributed by atoms with E-state index >= 15 is 0 Å². The largest absolute Gasteiger partial charge is 0.496 e. The lowest BCUT2D eigenvalue weighted by Crippen LogP contribution is -2.26. The zero-order valence-electron chi connectivity index (χ0n) is 14.0. The maximum atomic E-state index is 12.1. The quantitative estimate of drug-likeness (QED) is 0.879. The van der Waals surface area contributed by atoms with Crippen LogP contribution >= 0.6 is 0 Å². The fourth-order valence-electron chi connectivity index (χ4n) is 2.18. The minimum Gasteiger partial charge on any atom is -0.496 e. The molecule has 1 amide bonds. The van der Waals surface area contributed by atoms with Gasteiger partial charge in [-0.1, -0.05) is 18.2 Å². The molecule has 1 aromatic heterocycles. The van der Waals surface area contributed by atoms with Gasteiger partial charge < -0.3 is 15.0 Å². The average molecular weight is 314 g/mol. The van der Waals surface area contributed by atoms with Crippen molar-refractivity contribution in [1.82, 2.24) is 15.3 Å². The molecule has 6 heteroatoms. The fraction of sp³-hybridized carbons (Fsp3) is 0.353. The molecule has 0 unspecified atom stereocenters. The molecule has 0 aliphatic heterocycles. The molecule has 122 valence electrons. The van der Waals surface area contributed by atoms with E-state index in [1.807, 2.05) is 56.3 Å². The number of aryl methyl sites for hydroxylation is 1. The number of benzene rings is 1. The molecule has 0 spiro atoms. The Kier molecular flexibility index (Phi) is 5.51. The van der Waals surface area contributed by atoms with Gasteiger partial charge in [-0.3, -0.25) is 4.79 Å². The maximum Gasteiger partial charge on any atom is 0.225 e. The Morgan fingerprint density at radius 3 is 2.70 bits per heavy atom. The third-order valence-corrected chi connectivity index (χ3v) is 3.31. The van der Waals surface area contributed by atoms with Crippen LogP contribution < -0.4 is 15.0 Å². The van der Waals surface area contributed by atoms with Gasteiger partial charge in [-0.2, -0.15) is 0 Å². The molecule has 0 fully saturated rings. The third kappa shape index (κ3) is 4.67. The van der Waals surface area contributed by atoms with Crippen molar-refractivity contribution in [1.29, 1.82) is 0 Å². The number of para-hydroxylation sites is 1. The second-order valence-corrected chi connectivity index (χ2v) is 5.46. The summed E-state index contributed by atoms with van der Waals surface area (Å²) in [5.74, 6) is 1.28. The number of carbonyl (C=O) groups excluding carboxylic acids is 1. The van der Waals surface area contributed by atoms with E-state index in [1.54, 1.807) is 7.11 Å². The SMILES string of the molecule is COc1ccccc1CC(=O)NCc1cc(C)nc(N(C)C)n1. The number of hydrogen-bond acceptors (Lipinski definition) is 5. The number of amides is 1. The summed E-state index contributed by atoms with van der Waals surface area (Å²) in [6.07, 6.45) is 0.272. The maximum absolute atomic E-state index is 12.1. The van der Waals surface area contributed by atoms with Crippen molar-refractivity contribution in [2.24, 2.45) is 0 Å². The Morgan fingerprint density at radius 2 is 2.00 bits per heavy atom. The number of nitrogens with zero attached hydrogens (tertiary/aromatic N) is 3. The molecule has 1 aromatic carbocycles. The summed E-state index contributed by atoms with van der Waals surface area (Å²) < 4.78 is 5.26. The highest BCUT2D eigenvalue weighted by Gasteiger charge is 2.09. The van der Waals surface area contributed by atoms with Gasteiger partial charge in [-0.05, 0) is 19.1 Å². The van der Waals surface area contributed by atoms with E-state index in [2.05, 4.69) is 15.3 Å². The molecule has 0 aliphatic rings. The van der Waals surface area contributed by atoms with Crippen LogP contribution in [0.3, 0.4) is 0 Å². The summed E-state index contributed by atoms with van der Waals surface area (Å²) in [5.41, 5.74) is 2.52. The molecular weight excluding hydrogens is 292 g/mol. The lowest BCUT2D eigenvalue weighted by Gasteiger charge is -2.13. The highest BCUT2D eigenvalue weighted by molar-refractivity contribution is 5.79. The van der Waals surface area contributed by atoms with E-state index in [0.717, 1.165) is 22.7 Å². The van der Waals surface area contributed by atoms with Gasteiger partial charge >= 0.3 is 0 Å². The van der Waals surface area contributed by atoms with E-state index < -0.39 is 0 Å². The van der Waals surface area contributed by atoms with Crippen LogP contribution in [-0.4, -0.2) is 37.1 Å². The van der Waals surface area contributed by atoms with Crippen molar-refractivity contribution in [3.63, 3.8) is 0 Å². The highest BCUT2D eigenvalue weighted by Crippen LogP contribution is 2.17. The number of methoxy groups -OCH3 is 1. The predicted octanol–water partition coefficient (Wildman–Crippen LogP) is 1.72. The second-order valence-electron chi connectivity index (χ2n) is 5.46. The van der Waals surface area contributed by atoms with Gasteiger partial charge in [0.25, 0.3) is 0 Å². The number of carbonyl (C=O) groups is 1. The lowest BCUT2D eigenvalue weighted by molar-refractivity contribution is -0.120. The van der Waals surface area contributed by atoms with Gasteiger partial charge in [0.2, 0.25) is 11.9 Å². The Hall–Kier alpha value is -2.63. The van der Waals surface area contributed by atoms with Crippen LogP contribution in [0.1, 0.15) is 17.0 Å². The number of aromatic nitrogens is 2. The molecule has 2 aromatic rings. The normalized spacial score (nSPS) is 10.3. The third-order valence-electron chi connectivity index (χ3n) is 3.31. The van der Waals surface area contributed by atoms with Crippen molar-refractivity contribution in [2.75, 3.05) is 26.1 Å². The first kappa shape index (κ1) is 16.7. The standard InChI is InChI=1S/C17H22N4O2/c1-12-9-14(20-17(19-12)21(2)3)11-18-16(22)10-13-7-5-6-8-15(13)23-4/h5-9H,10-11H2,1-4H3,(H,18,22). The number of ether oxygens (including phenoxy) is 1. The molecule has 0 atom stereocenters. The first-order chi connectivity index (χ1) is 11.0. The number of hydrogen-bond donors (Lipinski definition) is 1. The molecule has 0 aliphatic carbocycles. The van der Waals surface area contributed by atoms with Crippen LogP contribution in [-0.2, 0) is 17.8 Å². The molecular formula is C17H22N4O2.